The van der Waals surface area contributed by atoms with Crippen molar-refractivity contribution in [2.24, 2.45) is 10.9 Å². The molecule has 2 heterocycles. The molecule has 138 valence electrons. The molecule has 5 nitrogen and oxygen atoms in total. The summed E-state index contributed by atoms with van der Waals surface area (Å²) in [5.41, 5.74) is 2.47. The first-order chi connectivity index (χ1) is 12.8. The molecule has 3 rings (SSSR count). The second-order valence-electron chi connectivity index (χ2n) is 6.69. The number of aromatic nitrogens is 1. The molecular weight excluding hydrogens is 324 g/mol. The predicted molar refractivity (Wildman–Crippen MR) is 105 cm³/mol. The molecule has 0 saturated carbocycles. The average molecular weight is 352 g/mol. The third kappa shape index (κ3) is 5.56. The van der Waals surface area contributed by atoms with Gasteiger partial charge in [-0.25, -0.2) is 0 Å². The molecule has 0 amide bonds. The van der Waals surface area contributed by atoms with Gasteiger partial charge in [0.1, 0.15) is 0 Å². The second kappa shape index (κ2) is 9.92. The van der Waals surface area contributed by atoms with Gasteiger partial charge in [-0.2, -0.15) is 0 Å². The van der Waals surface area contributed by atoms with Gasteiger partial charge in [-0.3, -0.25) is 9.98 Å². The van der Waals surface area contributed by atoms with Gasteiger partial charge in [-0.05, 0) is 30.0 Å². The van der Waals surface area contributed by atoms with Gasteiger partial charge in [-0.1, -0.05) is 36.4 Å². The number of pyridine rings is 1. The Morgan fingerprint density at radius 3 is 2.85 bits per heavy atom. The van der Waals surface area contributed by atoms with Crippen molar-refractivity contribution < 1.29 is 4.74 Å². The fraction of sp³-hybridized carbons (Fsp3) is 0.429. The third-order valence-corrected chi connectivity index (χ3v) is 4.68. The number of likely N-dealkylation sites (tertiary alicyclic amines) is 1. The van der Waals surface area contributed by atoms with Crippen molar-refractivity contribution in [1.29, 1.82) is 0 Å². The molecule has 1 aliphatic heterocycles. The zero-order valence-corrected chi connectivity index (χ0v) is 15.5. The third-order valence-electron chi connectivity index (χ3n) is 4.68. The molecule has 26 heavy (non-hydrogen) atoms. The van der Waals surface area contributed by atoms with Gasteiger partial charge in [-0.15, -0.1) is 0 Å². The Morgan fingerprint density at radius 1 is 1.23 bits per heavy atom. The summed E-state index contributed by atoms with van der Waals surface area (Å²) in [6.07, 6.45) is 5.82. The zero-order chi connectivity index (χ0) is 18.0. The van der Waals surface area contributed by atoms with Crippen LogP contribution in [0.3, 0.4) is 0 Å². The fourth-order valence-electron chi connectivity index (χ4n) is 3.28. The van der Waals surface area contributed by atoms with Gasteiger partial charge >= 0.3 is 0 Å². The first kappa shape index (κ1) is 18.4. The van der Waals surface area contributed by atoms with E-state index in [9.17, 15) is 0 Å². The van der Waals surface area contributed by atoms with Crippen molar-refractivity contribution in [2.45, 2.75) is 19.4 Å². The molecule has 1 aromatic carbocycles. The number of hydrogen-bond donors (Lipinski definition) is 1. The summed E-state index contributed by atoms with van der Waals surface area (Å²) in [6.45, 7) is 4.39. The van der Waals surface area contributed by atoms with E-state index in [1.165, 1.54) is 11.1 Å². The van der Waals surface area contributed by atoms with E-state index in [0.717, 1.165) is 45.0 Å². The first-order valence-electron chi connectivity index (χ1n) is 9.31. The molecule has 1 saturated heterocycles. The fourth-order valence-corrected chi connectivity index (χ4v) is 3.28. The summed E-state index contributed by atoms with van der Waals surface area (Å²) in [5, 5.41) is 3.47. The minimum atomic E-state index is 0.565. The minimum absolute atomic E-state index is 0.565. The van der Waals surface area contributed by atoms with Gasteiger partial charge in [0.2, 0.25) is 0 Å². The van der Waals surface area contributed by atoms with Crippen LogP contribution in [0.25, 0.3) is 0 Å². The van der Waals surface area contributed by atoms with Crippen LogP contribution < -0.4 is 5.32 Å². The van der Waals surface area contributed by atoms with Crippen molar-refractivity contribution in [3.63, 3.8) is 0 Å². The summed E-state index contributed by atoms with van der Waals surface area (Å²) in [6, 6.07) is 14.4. The van der Waals surface area contributed by atoms with Crippen LogP contribution in [0.2, 0.25) is 0 Å². The summed E-state index contributed by atoms with van der Waals surface area (Å²) in [4.78, 5) is 10.9. The van der Waals surface area contributed by atoms with Gasteiger partial charge in [0.05, 0.1) is 13.2 Å². The Labute approximate surface area is 156 Å². The zero-order valence-electron chi connectivity index (χ0n) is 15.5. The highest BCUT2D eigenvalue weighted by Gasteiger charge is 2.24. The van der Waals surface area contributed by atoms with Crippen molar-refractivity contribution in [2.75, 3.05) is 33.3 Å². The summed E-state index contributed by atoms with van der Waals surface area (Å²) >= 11 is 0. The van der Waals surface area contributed by atoms with Crippen molar-refractivity contribution >= 4 is 5.96 Å². The van der Waals surface area contributed by atoms with Crippen LogP contribution >= 0.6 is 0 Å². The number of nitrogens with one attached hydrogen (secondary N) is 1. The lowest BCUT2D eigenvalue weighted by atomic mass is 10.1. The van der Waals surface area contributed by atoms with Crippen molar-refractivity contribution in [1.82, 2.24) is 15.2 Å². The lowest BCUT2D eigenvalue weighted by molar-refractivity contribution is 0.0907. The van der Waals surface area contributed by atoms with Crippen LogP contribution in [0, 0.1) is 5.92 Å². The molecule has 1 atom stereocenters. The van der Waals surface area contributed by atoms with E-state index in [4.69, 9.17) is 4.74 Å². The van der Waals surface area contributed by atoms with E-state index in [0.29, 0.717) is 12.5 Å². The maximum atomic E-state index is 5.91. The van der Waals surface area contributed by atoms with Gasteiger partial charge in [0, 0.05) is 45.0 Å². The molecule has 1 N–H and O–H groups in total. The van der Waals surface area contributed by atoms with E-state index >= 15 is 0 Å². The maximum absolute atomic E-state index is 5.91. The molecule has 0 radical (unpaired) electrons. The quantitative estimate of drug-likeness (QED) is 0.615. The van der Waals surface area contributed by atoms with Crippen molar-refractivity contribution in [3.8, 4) is 0 Å². The number of hydrogen-bond acceptors (Lipinski definition) is 3. The molecule has 1 unspecified atom stereocenters. The normalized spacial score (nSPS) is 17.5. The topological polar surface area (TPSA) is 49.8 Å². The van der Waals surface area contributed by atoms with Gasteiger partial charge in [0.25, 0.3) is 0 Å². The van der Waals surface area contributed by atoms with Crippen LogP contribution in [-0.2, 0) is 17.8 Å². The lowest BCUT2D eigenvalue weighted by Crippen LogP contribution is -2.41. The van der Waals surface area contributed by atoms with Crippen LogP contribution in [-0.4, -0.2) is 49.1 Å². The Morgan fingerprint density at radius 2 is 2.08 bits per heavy atom. The van der Waals surface area contributed by atoms with E-state index in [1.54, 1.807) is 6.20 Å². The van der Waals surface area contributed by atoms with Crippen LogP contribution in [0.1, 0.15) is 17.5 Å². The average Bonchev–Trinajstić information content (AvgIpc) is 3.16. The highest BCUT2D eigenvalue weighted by Crippen LogP contribution is 2.17. The molecule has 0 bridgehead atoms. The van der Waals surface area contributed by atoms with E-state index in [2.05, 4.69) is 50.5 Å². The minimum Gasteiger partial charge on any atom is -0.376 e. The first-order valence-corrected chi connectivity index (χ1v) is 9.31. The summed E-state index contributed by atoms with van der Waals surface area (Å²) in [7, 11) is 1.85. The molecule has 0 spiro atoms. The molecule has 1 aromatic heterocycles. The Kier molecular flexibility index (Phi) is 7.02. The van der Waals surface area contributed by atoms with Crippen LogP contribution in [0.5, 0.6) is 0 Å². The highest BCUT2D eigenvalue weighted by atomic mass is 16.5. The van der Waals surface area contributed by atoms with E-state index in [-0.39, 0.29) is 0 Å². The van der Waals surface area contributed by atoms with Gasteiger partial charge < -0.3 is 15.0 Å². The maximum Gasteiger partial charge on any atom is 0.193 e. The number of benzene rings is 1. The van der Waals surface area contributed by atoms with Crippen LogP contribution in [0.4, 0.5) is 0 Å². The van der Waals surface area contributed by atoms with Crippen molar-refractivity contribution in [3.05, 3.63) is 66.0 Å². The largest absolute Gasteiger partial charge is 0.376 e. The molecule has 5 heteroatoms. The molecule has 1 aliphatic rings. The number of nitrogens with zero attached hydrogens (tertiary/aromatic N) is 3. The molecule has 1 fully saturated rings. The van der Waals surface area contributed by atoms with E-state index in [1.807, 2.05) is 25.4 Å². The Bertz CT molecular complexity index is 675. The standard InChI is InChI=1S/C21H28N4O/c1-22-21(24-12-9-18-8-5-11-23-14-18)25-13-10-20(15-25)17-26-16-19-6-3-2-4-7-19/h2-8,11,14,20H,9-10,12-13,15-17H2,1H3,(H,22,24). The highest BCUT2D eigenvalue weighted by molar-refractivity contribution is 5.80. The monoisotopic (exact) mass is 352 g/mol. The lowest BCUT2D eigenvalue weighted by Gasteiger charge is -2.21. The molecule has 2 aromatic rings. The molecule has 0 aliphatic carbocycles. The smallest absolute Gasteiger partial charge is 0.193 e. The number of ether oxygens (including phenoxy) is 1. The second-order valence-corrected chi connectivity index (χ2v) is 6.69. The SMILES string of the molecule is CN=C(NCCc1cccnc1)N1CCC(COCc2ccccc2)C1. The number of aliphatic imine (C=N–C) groups is 1. The molecular formula is C21H28N4O. The number of rotatable bonds is 7. The van der Waals surface area contributed by atoms with Gasteiger partial charge in [0.15, 0.2) is 5.96 Å². The summed E-state index contributed by atoms with van der Waals surface area (Å²) in [5.74, 6) is 1.55. The van der Waals surface area contributed by atoms with E-state index < -0.39 is 0 Å². The Balaban J connectivity index is 1.37. The predicted octanol–water partition coefficient (Wildman–Crippen LogP) is 2.74. The summed E-state index contributed by atoms with van der Waals surface area (Å²) < 4.78 is 5.91. The number of guanidine groups is 1. The van der Waals surface area contributed by atoms with Crippen LogP contribution in [0.15, 0.2) is 59.9 Å². The Hall–Kier alpha value is -2.40.